The Morgan fingerprint density at radius 3 is 2.39 bits per heavy atom. The molecule has 1 aromatic heterocycles. The van der Waals surface area contributed by atoms with Crippen molar-refractivity contribution in [3.63, 3.8) is 0 Å². The first-order valence-electron chi connectivity index (χ1n) is 8.46. The minimum absolute atomic E-state index is 0.769. The van der Waals surface area contributed by atoms with Gasteiger partial charge in [0.2, 0.25) is 0 Å². The minimum Gasteiger partial charge on any atom is -0.255 e. The lowest BCUT2D eigenvalue weighted by Gasteiger charge is -2.22. The van der Waals surface area contributed by atoms with Crippen LogP contribution in [0, 0.1) is 3.57 Å². The number of fused-ring (bicyclic) bond motifs is 1. The molecule has 3 aromatic rings. The molecule has 1 nitrogen and oxygen atoms in total. The van der Waals surface area contributed by atoms with Gasteiger partial charge in [-0.1, -0.05) is 61.7 Å². The number of benzene rings is 2. The van der Waals surface area contributed by atoms with E-state index < -0.39 is 0 Å². The second-order valence-electron chi connectivity index (χ2n) is 6.46. The van der Waals surface area contributed by atoms with Gasteiger partial charge in [0, 0.05) is 20.7 Å². The summed E-state index contributed by atoms with van der Waals surface area (Å²) in [5.41, 5.74) is 5.19. The molecule has 1 aliphatic rings. The van der Waals surface area contributed by atoms with E-state index in [1.54, 1.807) is 0 Å². The number of rotatable bonds is 2. The van der Waals surface area contributed by atoms with Crippen LogP contribution in [0.2, 0.25) is 0 Å². The van der Waals surface area contributed by atoms with Crippen LogP contribution in [-0.2, 0) is 0 Å². The molecule has 0 amide bonds. The van der Waals surface area contributed by atoms with Crippen LogP contribution in [0.4, 0.5) is 0 Å². The van der Waals surface area contributed by atoms with Crippen LogP contribution >= 0.6 is 22.6 Å². The summed E-state index contributed by atoms with van der Waals surface area (Å²) in [6, 6.07) is 17.7. The molecule has 0 bridgehead atoms. The smallest absolute Gasteiger partial charge is 0.0709 e. The summed E-state index contributed by atoms with van der Waals surface area (Å²) >= 11 is 2.40. The van der Waals surface area contributed by atoms with E-state index >= 15 is 0 Å². The number of hydrogen-bond donors (Lipinski definition) is 0. The first-order chi connectivity index (χ1) is 11.3. The van der Waals surface area contributed by atoms with Crippen LogP contribution < -0.4 is 0 Å². The summed E-state index contributed by atoms with van der Waals surface area (Å²) in [6.45, 7) is 0. The fourth-order valence-electron chi connectivity index (χ4n) is 3.77. The highest BCUT2D eigenvalue weighted by Crippen LogP contribution is 2.36. The van der Waals surface area contributed by atoms with Gasteiger partial charge in [0.1, 0.15) is 0 Å². The van der Waals surface area contributed by atoms with Crippen molar-refractivity contribution in [1.82, 2.24) is 4.98 Å². The van der Waals surface area contributed by atoms with E-state index in [1.165, 1.54) is 57.8 Å². The van der Waals surface area contributed by atoms with E-state index in [0.717, 1.165) is 11.4 Å². The zero-order chi connectivity index (χ0) is 15.6. The summed E-state index contributed by atoms with van der Waals surface area (Å²) < 4.78 is 1.21. The van der Waals surface area contributed by atoms with E-state index in [-0.39, 0.29) is 0 Å². The van der Waals surface area contributed by atoms with Crippen molar-refractivity contribution >= 4 is 33.5 Å². The zero-order valence-electron chi connectivity index (χ0n) is 13.1. The molecule has 1 aliphatic carbocycles. The average molecular weight is 413 g/mol. The van der Waals surface area contributed by atoms with Gasteiger partial charge in [-0.15, -0.1) is 0 Å². The van der Waals surface area contributed by atoms with Gasteiger partial charge in [-0.05, 0) is 58.5 Å². The highest BCUT2D eigenvalue weighted by atomic mass is 127. The quantitative estimate of drug-likeness (QED) is 0.434. The molecular weight excluding hydrogens is 393 g/mol. The standard InChI is InChI=1S/C21H20IN/c22-19-14-23-20-9-5-4-8-18(20)21(19)17-12-10-16(11-13-17)15-6-2-1-3-7-15/h4-5,8-15H,1-3,6-7H2. The van der Waals surface area contributed by atoms with Crippen molar-refractivity contribution in [3.05, 3.63) is 63.9 Å². The Hall–Kier alpha value is -1.42. The molecule has 2 aromatic carbocycles. The summed E-state index contributed by atoms with van der Waals surface area (Å²) in [4.78, 5) is 4.55. The molecule has 4 rings (SSSR count). The Labute approximate surface area is 151 Å². The summed E-state index contributed by atoms with van der Waals surface area (Å²) in [5, 5.41) is 1.24. The van der Waals surface area contributed by atoms with Gasteiger partial charge in [-0.3, -0.25) is 4.98 Å². The van der Waals surface area contributed by atoms with Gasteiger partial charge in [0.15, 0.2) is 0 Å². The number of hydrogen-bond acceptors (Lipinski definition) is 1. The predicted octanol–water partition coefficient (Wildman–Crippen LogP) is 6.55. The van der Waals surface area contributed by atoms with Crippen molar-refractivity contribution in [2.24, 2.45) is 0 Å². The predicted molar refractivity (Wildman–Crippen MR) is 106 cm³/mol. The van der Waals surface area contributed by atoms with E-state index in [0.29, 0.717) is 0 Å². The third kappa shape index (κ3) is 3.01. The highest BCUT2D eigenvalue weighted by Gasteiger charge is 2.16. The van der Waals surface area contributed by atoms with Crippen LogP contribution in [0.25, 0.3) is 22.0 Å². The van der Waals surface area contributed by atoms with Gasteiger partial charge in [-0.25, -0.2) is 0 Å². The molecule has 0 radical (unpaired) electrons. The van der Waals surface area contributed by atoms with E-state index in [2.05, 4.69) is 76.1 Å². The SMILES string of the molecule is Ic1cnc2ccccc2c1-c1ccc(C2CCCCC2)cc1. The molecule has 23 heavy (non-hydrogen) atoms. The first kappa shape index (κ1) is 15.1. The number of nitrogens with zero attached hydrogens (tertiary/aromatic N) is 1. The van der Waals surface area contributed by atoms with Gasteiger partial charge in [-0.2, -0.15) is 0 Å². The second-order valence-corrected chi connectivity index (χ2v) is 7.62. The molecule has 116 valence electrons. The second kappa shape index (κ2) is 6.60. The van der Waals surface area contributed by atoms with Gasteiger partial charge in [0.05, 0.1) is 5.52 Å². The third-order valence-corrected chi connectivity index (χ3v) is 5.82. The molecule has 0 atom stereocenters. The molecule has 1 heterocycles. The Morgan fingerprint density at radius 2 is 1.61 bits per heavy atom. The number of para-hydroxylation sites is 1. The topological polar surface area (TPSA) is 12.9 Å². The maximum atomic E-state index is 4.55. The zero-order valence-corrected chi connectivity index (χ0v) is 15.3. The van der Waals surface area contributed by atoms with Gasteiger partial charge >= 0.3 is 0 Å². The van der Waals surface area contributed by atoms with E-state index in [4.69, 9.17) is 0 Å². The Balaban J connectivity index is 1.75. The van der Waals surface area contributed by atoms with Crippen molar-refractivity contribution in [2.45, 2.75) is 38.0 Å². The fourth-order valence-corrected chi connectivity index (χ4v) is 4.51. The minimum atomic E-state index is 0.769. The molecule has 0 spiro atoms. The van der Waals surface area contributed by atoms with Gasteiger partial charge in [0.25, 0.3) is 0 Å². The number of aromatic nitrogens is 1. The maximum absolute atomic E-state index is 4.55. The highest BCUT2D eigenvalue weighted by molar-refractivity contribution is 14.1. The molecule has 1 saturated carbocycles. The molecular formula is C21H20IN. The lowest BCUT2D eigenvalue weighted by molar-refractivity contribution is 0.443. The lowest BCUT2D eigenvalue weighted by atomic mass is 9.83. The first-order valence-corrected chi connectivity index (χ1v) is 9.54. The van der Waals surface area contributed by atoms with Crippen LogP contribution in [-0.4, -0.2) is 4.98 Å². The van der Waals surface area contributed by atoms with Crippen LogP contribution in [0.5, 0.6) is 0 Å². The molecule has 0 unspecified atom stereocenters. The molecule has 0 saturated heterocycles. The monoisotopic (exact) mass is 413 g/mol. The van der Waals surface area contributed by atoms with Crippen molar-refractivity contribution < 1.29 is 0 Å². The van der Waals surface area contributed by atoms with Crippen molar-refractivity contribution in [3.8, 4) is 11.1 Å². The van der Waals surface area contributed by atoms with Crippen LogP contribution in [0.1, 0.15) is 43.6 Å². The molecule has 0 N–H and O–H groups in total. The van der Waals surface area contributed by atoms with Crippen molar-refractivity contribution in [1.29, 1.82) is 0 Å². The normalized spacial score (nSPS) is 15.9. The Bertz CT molecular complexity index is 817. The van der Waals surface area contributed by atoms with Crippen molar-refractivity contribution in [2.75, 3.05) is 0 Å². The number of pyridine rings is 1. The van der Waals surface area contributed by atoms with Crippen LogP contribution in [0.15, 0.2) is 54.7 Å². The molecule has 0 aliphatic heterocycles. The van der Waals surface area contributed by atoms with E-state index in [1.807, 2.05) is 6.20 Å². The Morgan fingerprint density at radius 1 is 0.870 bits per heavy atom. The number of halogens is 1. The fraction of sp³-hybridized carbons (Fsp3) is 0.286. The van der Waals surface area contributed by atoms with Gasteiger partial charge < -0.3 is 0 Å². The lowest BCUT2D eigenvalue weighted by Crippen LogP contribution is -2.04. The molecule has 1 fully saturated rings. The Kier molecular flexibility index (Phi) is 4.34. The van der Waals surface area contributed by atoms with Crippen LogP contribution in [0.3, 0.4) is 0 Å². The third-order valence-electron chi connectivity index (χ3n) is 5.01. The van der Waals surface area contributed by atoms with E-state index in [9.17, 15) is 0 Å². The maximum Gasteiger partial charge on any atom is 0.0709 e. The largest absolute Gasteiger partial charge is 0.255 e. The summed E-state index contributed by atoms with van der Waals surface area (Å²) in [5.74, 6) is 0.769. The summed E-state index contributed by atoms with van der Waals surface area (Å²) in [7, 11) is 0. The summed E-state index contributed by atoms with van der Waals surface area (Å²) in [6.07, 6.45) is 8.88. The molecule has 2 heteroatoms. The average Bonchev–Trinajstić information content (AvgIpc) is 2.63.